The van der Waals surface area contributed by atoms with Crippen LogP contribution in [0.2, 0.25) is 0 Å². The quantitative estimate of drug-likeness (QED) is 0.565. The number of hydrogen-bond donors (Lipinski definition) is 0. The Morgan fingerprint density at radius 3 is 2.62 bits per heavy atom. The lowest BCUT2D eigenvalue weighted by atomic mass is 10.1. The second-order valence-electron chi connectivity index (χ2n) is 7.18. The van der Waals surface area contributed by atoms with Crippen molar-refractivity contribution < 1.29 is 22.4 Å². The summed E-state index contributed by atoms with van der Waals surface area (Å²) in [6.07, 6.45) is 0.135. The van der Waals surface area contributed by atoms with Gasteiger partial charge in [0.2, 0.25) is 0 Å². The molecule has 5 nitrogen and oxygen atoms in total. The molecular weight excluding hydrogens is 383 g/mol. The Morgan fingerprint density at radius 1 is 1.21 bits per heavy atom. The maximum absolute atomic E-state index is 13.3. The predicted octanol–water partition coefficient (Wildman–Crippen LogP) is 4.84. The van der Waals surface area contributed by atoms with Crippen LogP contribution in [0.3, 0.4) is 0 Å². The number of rotatable bonds is 7. The van der Waals surface area contributed by atoms with Crippen molar-refractivity contribution in [1.29, 1.82) is 0 Å². The number of carbonyl (C=O) groups excluding carboxylic acids is 1. The molecule has 0 N–H and O–H groups in total. The van der Waals surface area contributed by atoms with E-state index >= 15 is 0 Å². The van der Waals surface area contributed by atoms with Gasteiger partial charge in [-0.05, 0) is 29.7 Å². The van der Waals surface area contributed by atoms with Gasteiger partial charge in [0.05, 0.1) is 18.4 Å². The lowest BCUT2D eigenvalue weighted by Crippen LogP contribution is -2.34. The lowest BCUT2D eigenvalue weighted by molar-refractivity contribution is -0.138. The molecule has 0 fully saturated rings. The Bertz CT molecular complexity index is 946. The van der Waals surface area contributed by atoms with Crippen LogP contribution in [0.1, 0.15) is 41.4 Å². The minimum absolute atomic E-state index is 0.00940. The Morgan fingerprint density at radius 2 is 1.97 bits per heavy atom. The summed E-state index contributed by atoms with van der Waals surface area (Å²) >= 11 is 0. The summed E-state index contributed by atoms with van der Waals surface area (Å²) < 4.78 is 46.8. The maximum atomic E-state index is 13.3. The zero-order valence-corrected chi connectivity index (χ0v) is 16.2. The molecule has 0 aliphatic carbocycles. The Balaban J connectivity index is 1.85. The molecule has 0 radical (unpaired) electrons. The third kappa shape index (κ3) is 5.07. The molecule has 0 saturated carbocycles. The van der Waals surface area contributed by atoms with Crippen molar-refractivity contribution in [3.8, 4) is 0 Å². The molecule has 0 spiro atoms. The van der Waals surface area contributed by atoms with E-state index in [1.807, 2.05) is 13.8 Å². The number of imidazole rings is 1. The molecule has 0 unspecified atom stereocenters. The zero-order valence-electron chi connectivity index (χ0n) is 16.2. The van der Waals surface area contributed by atoms with Crippen molar-refractivity contribution >= 4 is 5.91 Å². The van der Waals surface area contributed by atoms with Crippen molar-refractivity contribution in [1.82, 2.24) is 14.5 Å². The molecule has 0 atom stereocenters. The summed E-state index contributed by atoms with van der Waals surface area (Å²) in [5.74, 6) is 0.630. The van der Waals surface area contributed by atoms with Crippen LogP contribution in [0.15, 0.2) is 59.5 Å². The van der Waals surface area contributed by atoms with Crippen molar-refractivity contribution in [2.24, 2.45) is 5.92 Å². The SMILES string of the molecule is CC(C)CN(Cc1nccn1Cc1ccccc1C(F)(F)F)C(=O)c1ccco1. The normalized spacial score (nSPS) is 11.8. The van der Waals surface area contributed by atoms with Gasteiger partial charge in [0.25, 0.3) is 5.91 Å². The van der Waals surface area contributed by atoms with Crippen molar-refractivity contribution in [2.45, 2.75) is 33.1 Å². The van der Waals surface area contributed by atoms with Crippen molar-refractivity contribution in [2.75, 3.05) is 6.54 Å². The van der Waals surface area contributed by atoms with Crippen LogP contribution < -0.4 is 0 Å². The van der Waals surface area contributed by atoms with E-state index in [9.17, 15) is 18.0 Å². The Hall–Kier alpha value is -3.03. The van der Waals surface area contributed by atoms with Crippen molar-refractivity contribution in [3.63, 3.8) is 0 Å². The molecule has 2 aromatic heterocycles. The molecule has 0 aliphatic rings. The molecule has 29 heavy (non-hydrogen) atoms. The fourth-order valence-corrected chi connectivity index (χ4v) is 3.14. The van der Waals surface area contributed by atoms with Gasteiger partial charge in [-0.3, -0.25) is 4.79 Å². The number of benzene rings is 1. The van der Waals surface area contributed by atoms with Crippen LogP contribution in [-0.4, -0.2) is 26.9 Å². The highest BCUT2D eigenvalue weighted by molar-refractivity contribution is 5.91. The largest absolute Gasteiger partial charge is 0.459 e. The van der Waals surface area contributed by atoms with Crippen LogP contribution >= 0.6 is 0 Å². The zero-order chi connectivity index (χ0) is 21.0. The van der Waals surface area contributed by atoms with E-state index in [4.69, 9.17) is 4.42 Å². The highest BCUT2D eigenvalue weighted by atomic mass is 19.4. The van der Waals surface area contributed by atoms with Gasteiger partial charge in [-0.1, -0.05) is 32.0 Å². The van der Waals surface area contributed by atoms with E-state index < -0.39 is 11.7 Å². The van der Waals surface area contributed by atoms with Gasteiger partial charge < -0.3 is 13.9 Å². The molecule has 1 aromatic carbocycles. The minimum atomic E-state index is -4.43. The number of carbonyl (C=O) groups is 1. The second-order valence-corrected chi connectivity index (χ2v) is 7.18. The minimum Gasteiger partial charge on any atom is -0.459 e. The molecule has 3 rings (SSSR count). The number of alkyl halides is 3. The average molecular weight is 405 g/mol. The third-order valence-electron chi connectivity index (χ3n) is 4.40. The monoisotopic (exact) mass is 405 g/mol. The van der Waals surface area contributed by atoms with Crippen LogP contribution in [0.4, 0.5) is 13.2 Å². The van der Waals surface area contributed by atoms with Crippen LogP contribution in [-0.2, 0) is 19.3 Å². The van der Waals surface area contributed by atoms with E-state index in [0.29, 0.717) is 12.4 Å². The summed E-state index contributed by atoms with van der Waals surface area (Å²) in [6.45, 7) is 4.60. The highest BCUT2D eigenvalue weighted by Gasteiger charge is 2.33. The van der Waals surface area contributed by atoms with Crippen LogP contribution in [0.5, 0.6) is 0 Å². The van der Waals surface area contributed by atoms with Gasteiger partial charge in [-0.15, -0.1) is 0 Å². The lowest BCUT2D eigenvalue weighted by Gasteiger charge is -2.24. The molecule has 154 valence electrons. The first-order chi connectivity index (χ1) is 13.8. The fourth-order valence-electron chi connectivity index (χ4n) is 3.14. The molecule has 8 heteroatoms. The van der Waals surface area contributed by atoms with Crippen LogP contribution in [0.25, 0.3) is 0 Å². The summed E-state index contributed by atoms with van der Waals surface area (Å²) in [5, 5.41) is 0. The third-order valence-corrected chi connectivity index (χ3v) is 4.40. The molecular formula is C21H22F3N3O2. The first kappa shape index (κ1) is 20.7. The molecule has 1 amide bonds. The van der Waals surface area contributed by atoms with Gasteiger partial charge in [-0.25, -0.2) is 4.98 Å². The fraction of sp³-hybridized carbons (Fsp3) is 0.333. The summed E-state index contributed by atoms with van der Waals surface area (Å²) in [5.41, 5.74) is -0.530. The number of halogens is 3. The highest BCUT2D eigenvalue weighted by Crippen LogP contribution is 2.32. The maximum Gasteiger partial charge on any atom is 0.416 e. The number of nitrogens with zero attached hydrogens (tertiary/aromatic N) is 3. The van der Waals surface area contributed by atoms with E-state index in [1.54, 1.807) is 33.9 Å². The Labute approximate surface area is 166 Å². The number of hydrogen-bond acceptors (Lipinski definition) is 3. The number of furan rings is 1. The number of amides is 1. The topological polar surface area (TPSA) is 51.3 Å². The molecule has 2 heterocycles. The van der Waals surface area contributed by atoms with Gasteiger partial charge in [0, 0.05) is 25.5 Å². The van der Waals surface area contributed by atoms with Crippen LogP contribution in [0, 0.1) is 5.92 Å². The second kappa shape index (κ2) is 8.55. The molecule has 3 aromatic rings. The first-order valence-electron chi connectivity index (χ1n) is 9.23. The Kier molecular flexibility index (Phi) is 6.10. The molecule has 0 saturated heterocycles. The van der Waals surface area contributed by atoms with E-state index in [2.05, 4.69) is 4.98 Å². The molecule has 0 aliphatic heterocycles. The smallest absolute Gasteiger partial charge is 0.416 e. The van der Waals surface area contributed by atoms with Gasteiger partial charge >= 0.3 is 6.18 Å². The summed E-state index contributed by atoms with van der Waals surface area (Å²) in [4.78, 5) is 18.6. The van der Waals surface area contributed by atoms with Gasteiger partial charge in [-0.2, -0.15) is 13.2 Å². The number of aromatic nitrogens is 2. The summed E-state index contributed by atoms with van der Waals surface area (Å²) in [7, 11) is 0. The standard InChI is InChI=1S/C21H22F3N3O2/c1-15(2)12-27(20(28)18-8-5-11-29-18)14-19-25-9-10-26(19)13-16-6-3-4-7-17(16)21(22,23)24/h3-11,15H,12-14H2,1-2H3. The molecule has 0 bridgehead atoms. The van der Waals surface area contributed by atoms with E-state index in [1.165, 1.54) is 24.6 Å². The van der Waals surface area contributed by atoms with Crippen molar-refractivity contribution in [3.05, 3.63) is 77.8 Å². The van der Waals surface area contributed by atoms with E-state index in [0.717, 1.165) is 6.07 Å². The van der Waals surface area contributed by atoms with E-state index in [-0.39, 0.29) is 36.2 Å². The predicted molar refractivity (Wildman–Crippen MR) is 101 cm³/mol. The summed E-state index contributed by atoms with van der Waals surface area (Å²) in [6, 6.07) is 8.68. The van der Waals surface area contributed by atoms with Gasteiger partial charge in [0.15, 0.2) is 5.76 Å². The average Bonchev–Trinajstić information content (AvgIpc) is 3.32. The van der Waals surface area contributed by atoms with Gasteiger partial charge in [0.1, 0.15) is 5.82 Å². The first-order valence-corrected chi connectivity index (χ1v) is 9.23.